The minimum absolute atomic E-state index is 0.0930. The smallest absolute Gasteiger partial charge is 0.230 e. The first-order valence-corrected chi connectivity index (χ1v) is 7.42. The first-order valence-electron chi connectivity index (χ1n) is 6.44. The van der Waals surface area contributed by atoms with E-state index in [1.165, 1.54) is 23.9 Å². The molecule has 0 saturated heterocycles. The summed E-state index contributed by atoms with van der Waals surface area (Å²) in [6.07, 6.45) is -0.863. The van der Waals surface area contributed by atoms with Crippen LogP contribution in [0.1, 0.15) is 17.6 Å². The molecule has 2 rings (SSSR count). The number of benzene rings is 1. The van der Waals surface area contributed by atoms with Gasteiger partial charge in [0.1, 0.15) is 23.4 Å². The van der Waals surface area contributed by atoms with E-state index in [1.807, 2.05) is 0 Å². The van der Waals surface area contributed by atoms with E-state index < -0.39 is 6.10 Å². The summed E-state index contributed by atoms with van der Waals surface area (Å²) in [4.78, 5) is 12.5. The number of aryl methyl sites for hydroxylation is 1. The van der Waals surface area contributed by atoms with E-state index in [4.69, 9.17) is 4.42 Å². The lowest BCUT2D eigenvalue weighted by Gasteiger charge is -2.09. The average Bonchev–Trinajstić information content (AvgIpc) is 2.91. The second kappa shape index (κ2) is 7.28. The molecule has 0 aliphatic heterocycles. The number of halogens is 1. The topological polar surface area (TPSA) is 62.5 Å². The van der Waals surface area contributed by atoms with Gasteiger partial charge in [0.15, 0.2) is 0 Å². The number of hydrogen-bond acceptors (Lipinski definition) is 4. The van der Waals surface area contributed by atoms with Crippen molar-refractivity contribution < 1.29 is 18.7 Å². The van der Waals surface area contributed by atoms with Crippen LogP contribution in [0.5, 0.6) is 0 Å². The van der Waals surface area contributed by atoms with Gasteiger partial charge >= 0.3 is 0 Å². The van der Waals surface area contributed by atoms with Crippen LogP contribution >= 0.6 is 11.8 Å². The van der Waals surface area contributed by atoms with Crippen LogP contribution in [0.2, 0.25) is 0 Å². The molecule has 0 aliphatic rings. The summed E-state index contributed by atoms with van der Waals surface area (Å²) in [5, 5.41) is 12.5. The van der Waals surface area contributed by atoms with Gasteiger partial charge in [-0.25, -0.2) is 4.39 Å². The number of amides is 1. The van der Waals surface area contributed by atoms with Crippen molar-refractivity contribution in [3.8, 4) is 0 Å². The van der Waals surface area contributed by atoms with Gasteiger partial charge in [-0.15, -0.1) is 11.8 Å². The molecule has 21 heavy (non-hydrogen) atoms. The fourth-order valence-corrected chi connectivity index (χ4v) is 2.40. The SMILES string of the molecule is Cc1ccc([C@@H](O)CNC(=O)CSc2ccc(F)cc2)o1. The molecule has 0 fully saturated rings. The van der Waals surface area contributed by atoms with E-state index in [0.29, 0.717) is 11.5 Å². The third kappa shape index (κ3) is 4.91. The number of thioether (sulfide) groups is 1. The minimum atomic E-state index is -0.863. The summed E-state index contributed by atoms with van der Waals surface area (Å²) in [7, 11) is 0. The third-order valence-corrected chi connectivity index (χ3v) is 3.78. The fraction of sp³-hybridized carbons (Fsp3) is 0.267. The first-order chi connectivity index (χ1) is 10.0. The lowest BCUT2D eigenvalue weighted by atomic mass is 10.3. The van der Waals surface area contributed by atoms with Crippen molar-refractivity contribution in [3.63, 3.8) is 0 Å². The van der Waals surface area contributed by atoms with Crippen molar-refractivity contribution in [3.05, 3.63) is 53.7 Å². The Hall–Kier alpha value is -1.79. The predicted octanol–water partition coefficient (Wildman–Crippen LogP) is 2.67. The van der Waals surface area contributed by atoms with Crippen LogP contribution in [-0.4, -0.2) is 23.3 Å². The molecule has 2 N–H and O–H groups in total. The number of hydrogen-bond donors (Lipinski definition) is 2. The molecular formula is C15H16FNO3S. The molecule has 1 aromatic heterocycles. The van der Waals surface area contributed by atoms with Crippen LogP contribution in [0.4, 0.5) is 4.39 Å². The Bertz CT molecular complexity index is 597. The highest BCUT2D eigenvalue weighted by atomic mass is 32.2. The Kier molecular flexibility index (Phi) is 5.41. The zero-order valence-electron chi connectivity index (χ0n) is 11.5. The molecule has 0 bridgehead atoms. The molecule has 1 atom stereocenters. The number of aliphatic hydroxyl groups excluding tert-OH is 1. The van der Waals surface area contributed by atoms with E-state index in [2.05, 4.69) is 5.32 Å². The van der Waals surface area contributed by atoms with E-state index in [-0.39, 0.29) is 24.0 Å². The largest absolute Gasteiger partial charge is 0.464 e. The zero-order chi connectivity index (χ0) is 15.2. The first kappa shape index (κ1) is 15.6. The van der Waals surface area contributed by atoms with Crippen molar-refractivity contribution in [2.75, 3.05) is 12.3 Å². The lowest BCUT2D eigenvalue weighted by molar-refractivity contribution is -0.119. The van der Waals surface area contributed by atoms with Crippen molar-refractivity contribution >= 4 is 17.7 Å². The molecule has 0 saturated carbocycles. The van der Waals surface area contributed by atoms with E-state index >= 15 is 0 Å². The van der Waals surface area contributed by atoms with E-state index in [0.717, 1.165) is 4.90 Å². The molecule has 1 aromatic carbocycles. The molecule has 112 valence electrons. The second-order valence-electron chi connectivity index (χ2n) is 4.51. The van der Waals surface area contributed by atoms with Gasteiger partial charge in [0.2, 0.25) is 5.91 Å². The Labute approximate surface area is 126 Å². The van der Waals surface area contributed by atoms with Crippen LogP contribution in [-0.2, 0) is 4.79 Å². The maximum absolute atomic E-state index is 12.7. The molecule has 0 aliphatic carbocycles. The van der Waals surface area contributed by atoms with Crippen molar-refractivity contribution in [2.24, 2.45) is 0 Å². The van der Waals surface area contributed by atoms with Gasteiger partial charge in [0.05, 0.1) is 12.3 Å². The van der Waals surface area contributed by atoms with Crippen molar-refractivity contribution in [2.45, 2.75) is 17.9 Å². The molecule has 0 spiro atoms. The molecule has 4 nitrogen and oxygen atoms in total. The Balaban J connectivity index is 1.73. The molecule has 0 radical (unpaired) electrons. The monoisotopic (exact) mass is 309 g/mol. The van der Waals surface area contributed by atoms with Crippen molar-refractivity contribution in [1.29, 1.82) is 0 Å². The highest BCUT2D eigenvalue weighted by Gasteiger charge is 2.13. The summed E-state index contributed by atoms with van der Waals surface area (Å²) in [5.74, 6) is 0.837. The lowest BCUT2D eigenvalue weighted by Crippen LogP contribution is -2.29. The third-order valence-electron chi connectivity index (χ3n) is 2.77. The Morgan fingerprint density at radius 1 is 1.33 bits per heavy atom. The summed E-state index contributed by atoms with van der Waals surface area (Å²) in [6, 6.07) is 9.37. The van der Waals surface area contributed by atoms with E-state index in [1.54, 1.807) is 31.2 Å². The Morgan fingerprint density at radius 3 is 2.67 bits per heavy atom. The fourth-order valence-electron chi connectivity index (χ4n) is 1.67. The second-order valence-corrected chi connectivity index (χ2v) is 5.56. The molecular weight excluding hydrogens is 293 g/mol. The number of nitrogens with one attached hydrogen (secondary N) is 1. The summed E-state index contributed by atoms with van der Waals surface area (Å²) in [6.45, 7) is 1.88. The molecule has 1 heterocycles. The summed E-state index contributed by atoms with van der Waals surface area (Å²) >= 11 is 1.31. The van der Waals surface area contributed by atoms with Crippen LogP contribution in [0.25, 0.3) is 0 Å². The van der Waals surface area contributed by atoms with Crippen LogP contribution in [0.15, 0.2) is 45.7 Å². The number of rotatable bonds is 6. The quantitative estimate of drug-likeness (QED) is 0.805. The molecule has 0 unspecified atom stereocenters. The predicted molar refractivity (Wildman–Crippen MR) is 78.5 cm³/mol. The van der Waals surface area contributed by atoms with Gasteiger partial charge in [-0.3, -0.25) is 4.79 Å². The van der Waals surface area contributed by atoms with Crippen LogP contribution in [0, 0.1) is 12.7 Å². The minimum Gasteiger partial charge on any atom is -0.464 e. The van der Waals surface area contributed by atoms with Gasteiger partial charge in [0.25, 0.3) is 0 Å². The molecule has 1 amide bonds. The number of carbonyl (C=O) groups is 1. The Morgan fingerprint density at radius 2 is 2.05 bits per heavy atom. The van der Waals surface area contributed by atoms with Gasteiger partial charge < -0.3 is 14.8 Å². The maximum atomic E-state index is 12.7. The van der Waals surface area contributed by atoms with Gasteiger partial charge in [0, 0.05) is 4.90 Å². The number of carbonyl (C=O) groups excluding carboxylic acids is 1. The van der Waals surface area contributed by atoms with Crippen LogP contribution < -0.4 is 5.32 Å². The summed E-state index contributed by atoms with van der Waals surface area (Å²) in [5.41, 5.74) is 0. The average molecular weight is 309 g/mol. The molecule has 6 heteroatoms. The number of furan rings is 1. The number of aliphatic hydroxyl groups is 1. The maximum Gasteiger partial charge on any atom is 0.230 e. The highest BCUT2D eigenvalue weighted by molar-refractivity contribution is 8.00. The van der Waals surface area contributed by atoms with Crippen molar-refractivity contribution in [1.82, 2.24) is 5.32 Å². The standard InChI is InChI=1S/C15H16FNO3S/c1-10-2-7-14(20-10)13(18)8-17-15(19)9-21-12-5-3-11(16)4-6-12/h2-7,13,18H,8-9H2,1H3,(H,17,19)/t13-/m0/s1. The zero-order valence-corrected chi connectivity index (χ0v) is 12.3. The summed E-state index contributed by atoms with van der Waals surface area (Å²) < 4.78 is 18.0. The van der Waals surface area contributed by atoms with Gasteiger partial charge in [-0.1, -0.05) is 0 Å². The van der Waals surface area contributed by atoms with Crippen LogP contribution in [0.3, 0.4) is 0 Å². The highest BCUT2D eigenvalue weighted by Crippen LogP contribution is 2.18. The normalized spacial score (nSPS) is 12.1. The molecule has 2 aromatic rings. The van der Waals surface area contributed by atoms with Gasteiger partial charge in [-0.05, 0) is 43.3 Å². The van der Waals surface area contributed by atoms with E-state index in [9.17, 15) is 14.3 Å². The van der Waals surface area contributed by atoms with Gasteiger partial charge in [-0.2, -0.15) is 0 Å².